The van der Waals surface area contributed by atoms with Gasteiger partial charge in [-0.15, -0.1) is 0 Å². The number of hydrogen-bond donors (Lipinski definition) is 2. The van der Waals surface area contributed by atoms with E-state index in [1.165, 1.54) is 0 Å². The molecule has 4 atom stereocenters. The predicted molar refractivity (Wildman–Crippen MR) is 68.2 cm³/mol. The van der Waals surface area contributed by atoms with Crippen LogP contribution in [0.5, 0.6) is 0 Å². The van der Waals surface area contributed by atoms with Crippen molar-refractivity contribution in [3.63, 3.8) is 0 Å². The lowest BCUT2D eigenvalue weighted by atomic mass is 9.82. The number of anilines is 1. The smallest absolute Gasteiger partial charge is 0.307 e. The molecule has 3 rings (SSSR count). The standard InChI is InChI=1S/C14H14N2O3/c17-13(16-10-3-1-2-6-15-10)11-8-4-5-9(7-8)12(11)14(18)19/h1-6,8-9,11-12H,7H2,(H,18,19)(H,15,16,17)/t8-,9-,11-,12-/m0/s1. The molecule has 2 aliphatic carbocycles. The lowest BCUT2D eigenvalue weighted by Gasteiger charge is -2.23. The maximum Gasteiger partial charge on any atom is 0.307 e. The van der Waals surface area contributed by atoms with Gasteiger partial charge in [0.25, 0.3) is 0 Å². The van der Waals surface area contributed by atoms with Crippen LogP contribution in [0.15, 0.2) is 36.5 Å². The van der Waals surface area contributed by atoms with Crippen molar-refractivity contribution >= 4 is 17.7 Å². The average Bonchev–Trinajstić information content (AvgIpc) is 2.99. The van der Waals surface area contributed by atoms with Crippen LogP contribution >= 0.6 is 0 Å². The van der Waals surface area contributed by atoms with Gasteiger partial charge >= 0.3 is 5.97 Å². The zero-order valence-electron chi connectivity index (χ0n) is 10.2. The van der Waals surface area contributed by atoms with E-state index in [-0.39, 0.29) is 17.7 Å². The highest BCUT2D eigenvalue weighted by Gasteiger charge is 2.51. The third kappa shape index (κ3) is 2.01. The number of aromatic nitrogens is 1. The molecule has 1 aromatic heterocycles. The van der Waals surface area contributed by atoms with Crippen LogP contribution in [0.25, 0.3) is 0 Å². The summed E-state index contributed by atoms with van der Waals surface area (Å²) in [5, 5.41) is 12.0. The van der Waals surface area contributed by atoms with Gasteiger partial charge in [0.15, 0.2) is 0 Å². The number of aliphatic carboxylic acids is 1. The van der Waals surface area contributed by atoms with Gasteiger partial charge in [0.1, 0.15) is 5.82 Å². The number of nitrogens with zero attached hydrogens (tertiary/aromatic N) is 1. The normalized spacial score (nSPS) is 31.4. The van der Waals surface area contributed by atoms with Gasteiger partial charge in [-0.1, -0.05) is 18.2 Å². The fraction of sp³-hybridized carbons (Fsp3) is 0.357. The minimum Gasteiger partial charge on any atom is -0.481 e. The lowest BCUT2D eigenvalue weighted by molar-refractivity contribution is -0.146. The number of hydrogen-bond acceptors (Lipinski definition) is 3. The van der Waals surface area contributed by atoms with Gasteiger partial charge in [-0.3, -0.25) is 9.59 Å². The number of nitrogens with one attached hydrogen (secondary N) is 1. The fourth-order valence-corrected chi connectivity index (χ4v) is 3.16. The number of allylic oxidation sites excluding steroid dienone is 2. The van der Waals surface area contributed by atoms with Crippen molar-refractivity contribution in [2.24, 2.45) is 23.7 Å². The van der Waals surface area contributed by atoms with Crippen LogP contribution in [0.4, 0.5) is 5.82 Å². The van der Waals surface area contributed by atoms with Crippen LogP contribution in [0.1, 0.15) is 6.42 Å². The van der Waals surface area contributed by atoms with E-state index in [1.54, 1.807) is 24.4 Å². The topological polar surface area (TPSA) is 79.3 Å². The highest BCUT2D eigenvalue weighted by Crippen LogP contribution is 2.48. The number of carboxylic acid groups (broad SMARTS) is 1. The number of rotatable bonds is 3. The second-order valence-corrected chi connectivity index (χ2v) is 5.04. The van der Waals surface area contributed by atoms with Gasteiger partial charge in [0.05, 0.1) is 11.8 Å². The van der Waals surface area contributed by atoms with E-state index >= 15 is 0 Å². The summed E-state index contributed by atoms with van der Waals surface area (Å²) in [6, 6.07) is 5.23. The molecule has 5 heteroatoms. The Bertz CT molecular complexity index is 541. The van der Waals surface area contributed by atoms with E-state index in [2.05, 4.69) is 10.3 Å². The SMILES string of the molecule is O=C(O)[C@@H]1[C@@H](C(=O)Nc2ccccn2)[C@H]2C=C[C@H]1C2. The summed E-state index contributed by atoms with van der Waals surface area (Å²) in [7, 11) is 0. The second kappa shape index (κ2) is 4.50. The van der Waals surface area contributed by atoms with E-state index in [9.17, 15) is 14.7 Å². The molecule has 1 amide bonds. The highest BCUT2D eigenvalue weighted by molar-refractivity contribution is 5.95. The molecule has 2 bridgehead atoms. The monoisotopic (exact) mass is 258 g/mol. The van der Waals surface area contributed by atoms with Gasteiger partial charge in [-0.25, -0.2) is 4.98 Å². The minimum absolute atomic E-state index is 0.0121. The van der Waals surface area contributed by atoms with Crippen LogP contribution in [0.3, 0.4) is 0 Å². The van der Waals surface area contributed by atoms with E-state index in [1.807, 2.05) is 12.2 Å². The summed E-state index contributed by atoms with van der Waals surface area (Å²) in [5.74, 6) is -1.76. The molecule has 2 aliphatic rings. The zero-order valence-corrected chi connectivity index (χ0v) is 10.2. The zero-order chi connectivity index (χ0) is 13.4. The van der Waals surface area contributed by atoms with E-state index in [0.717, 1.165) is 6.42 Å². The van der Waals surface area contributed by atoms with Crippen molar-refractivity contribution in [1.29, 1.82) is 0 Å². The summed E-state index contributed by atoms with van der Waals surface area (Å²) in [4.78, 5) is 27.6. The molecule has 0 radical (unpaired) electrons. The summed E-state index contributed by atoms with van der Waals surface area (Å²) < 4.78 is 0. The average molecular weight is 258 g/mol. The van der Waals surface area contributed by atoms with Crippen LogP contribution in [0, 0.1) is 23.7 Å². The van der Waals surface area contributed by atoms with Crippen LogP contribution in [-0.2, 0) is 9.59 Å². The first-order chi connectivity index (χ1) is 9.16. The van der Waals surface area contributed by atoms with Gasteiger partial charge in [0, 0.05) is 6.20 Å². The van der Waals surface area contributed by atoms with Crippen molar-refractivity contribution in [2.75, 3.05) is 5.32 Å². The maximum atomic E-state index is 12.3. The van der Waals surface area contributed by atoms with Crippen LogP contribution in [0.2, 0.25) is 0 Å². The largest absolute Gasteiger partial charge is 0.481 e. The Labute approximate surface area is 110 Å². The Morgan fingerprint density at radius 3 is 2.58 bits per heavy atom. The van der Waals surface area contributed by atoms with Crippen molar-refractivity contribution in [3.05, 3.63) is 36.5 Å². The molecule has 1 heterocycles. The Kier molecular flexibility index (Phi) is 2.81. The number of carbonyl (C=O) groups excluding carboxylic acids is 1. The number of pyridine rings is 1. The third-order valence-corrected chi connectivity index (χ3v) is 3.96. The molecule has 0 saturated heterocycles. The Balaban J connectivity index is 1.79. The Morgan fingerprint density at radius 2 is 1.95 bits per heavy atom. The van der Waals surface area contributed by atoms with Crippen LogP contribution < -0.4 is 5.32 Å². The number of carbonyl (C=O) groups is 2. The van der Waals surface area contributed by atoms with Crippen molar-refractivity contribution in [1.82, 2.24) is 4.98 Å². The molecule has 5 nitrogen and oxygen atoms in total. The van der Waals surface area contributed by atoms with Crippen LogP contribution in [-0.4, -0.2) is 22.0 Å². The molecule has 0 unspecified atom stereocenters. The number of amides is 1. The number of fused-ring (bicyclic) bond motifs is 2. The van der Waals surface area contributed by atoms with Crippen molar-refractivity contribution in [2.45, 2.75) is 6.42 Å². The number of carboxylic acids is 1. The molecule has 0 aromatic carbocycles. The first-order valence-corrected chi connectivity index (χ1v) is 6.30. The molecule has 2 N–H and O–H groups in total. The summed E-state index contributed by atoms with van der Waals surface area (Å²) in [6.45, 7) is 0. The van der Waals surface area contributed by atoms with Crippen molar-refractivity contribution in [3.8, 4) is 0 Å². The molecular formula is C14H14N2O3. The molecule has 1 fully saturated rings. The second-order valence-electron chi connectivity index (χ2n) is 5.04. The summed E-state index contributed by atoms with van der Waals surface area (Å²) in [5.41, 5.74) is 0. The highest BCUT2D eigenvalue weighted by atomic mass is 16.4. The first kappa shape index (κ1) is 11.9. The van der Waals surface area contributed by atoms with Gasteiger partial charge in [-0.05, 0) is 30.4 Å². The maximum absolute atomic E-state index is 12.3. The molecule has 0 spiro atoms. The van der Waals surface area contributed by atoms with Gasteiger partial charge < -0.3 is 10.4 Å². The Morgan fingerprint density at radius 1 is 1.21 bits per heavy atom. The van der Waals surface area contributed by atoms with Crippen molar-refractivity contribution < 1.29 is 14.7 Å². The minimum atomic E-state index is -0.891. The van der Waals surface area contributed by atoms with E-state index in [4.69, 9.17) is 0 Å². The first-order valence-electron chi connectivity index (χ1n) is 6.30. The van der Waals surface area contributed by atoms with E-state index in [0.29, 0.717) is 5.82 Å². The predicted octanol–water partition coefficient (Wildman–Crippen LogP) is 1.54. The molecule has 1 aromatic rings. The lowest BCUT2D eigenvalue weighted by Crippen LogP contribution is -2.36. The summed E-state index contributed by atoms with van der Waals surface area (Å²) in [6.07, 6.45) is 6.24. The molecular weight excluding hydrogens is 244 g/mol. The molecule has 19 heavy (non-hydrogen) atoms. The Hall–Kier alpha value is -2.17. The molecule has 1 saturated carbocycles. The summed E-state index contributed by atoms with van der Waals surface area (Å²) >= 11 is 0. The van der Waals surface area contributed by atoms with E-state index < -0.39 is 17.8 Å². The molecule has 0 aliphatic heterocycles. The quantitative estimate of drug-likeness (QED) is 0.806. The third-order valence-electron chi connectivity index (χ3n) is 3.96. The fourth-order valence-electron chi connectivity index (χ4n) is 3.16. The molecule has 98 valence electrons. The van der Waals surface area contributed by atoms with Gasteiger partial charge in [0.2, 0.25) is 5.91 Å². The van der Waals surface area contributed by atoms with Gasteiger partial charge in [-0.2, -0.15) is 0 Å².